The minimum Gasteiger partial charge on any atom is -0.361 e. The first kappa shape index (κ1) is 17.3. The van der Waals surface area contributed by atoms with Crippen molar-refractivity contribution in [2.24, 2.45) is 0 Å². The van der Waals surface area contributed by atoms with Crippen LogP contribution in [0.5, 0.6) is 0 Å². The molecule has 0 aliphatic carbocycles. The molecule has 2 aromatic carbocycles. The smallest absolute Gasteiger partial charge is 0.228 e. The highest BCUT2D eigenvalue weighted by molar-refractivity contribution is 8.14. The monoisotopic (exact) mass is 375 g/mol. The third-order valence-corrected chi connectivity index (χ3v) is 4.99. The molecule has 134 valence electrons. The number of benzene rings is 2. The van der Waals surface area contributed by atoms with Gasteiger partial charge in [-0.25, -0.2) is 4.68 Å². The van der Waals surface area contributed by atoms with E-state index in [1.54, 1.807) is 4.68 Å². The van der Waals surface area contributed by atoms with E-state index in [0.717, 1.165) is 10.6 Å². The van der Waals surface area contributed by atoms with Crippen LogP contribution in [0.2, 0.25) is 0 Å². The highest BCUT2D eigenvalue weighted by Gasteiger charge is 2.26. The van der Waals surface area contributed by atoms with Gasteiger partial charge in [0.2, 0.25) is 5.12 Å². The maximum atomic E-state index is 13.1. The first-order valence-corrected chi connectivity index (χ1v) is 9.31. The highest BCUT2D eigenvalue weighted by atomic mass is 32.2. The Morgan fingerprint density at radius 3 is 2.30 bits per heavy atom. The first-order chi connectivity index (χ1) is 13.1. The summed E-state index contributed by atoms with van der Waals surface area (Å²) in [6, 6.07) is 21.1. The predicted molar refractivity (Wildman–Crippen MR) is 105 cm³/mol. The Bertz CT molecular complexity index is 1090. The molecule has 0 fully saturated rings. The van der Waals surface area contributed by atoms with E-state index in [1.807, 2.05) is 80.6 Å². The molecule has 4 rings (SSSR count). The van der Waals surface area contributed by atoms with Crippen molar-refractivity contribution in [3.8, 4) is 17.1 Å². The van der Waals surface area contributed by atoms with Gasteiger partial charge in [-0.2, -0.15) is 5.10 Å². The van der Waals surface area contributed by atoms with Crippen molar-refractivity contribution in [3.05, 3.63) is 83.7 Å². The standard InChI is InChI=1S/C21H17N3O2S/c1-14-13-18(23-26-14)20-19(21(25)27-17-11-7-4-8-12-17)15(2)22-24(20)16-9-5-3-6-10-16/h3-13H,1-2H3. The molecular formula is C21H17N3O2S. The Morgan fingerprint density at radius 2 is 1.67 bits per heavy atom. The van der Waals surface area contributed by atoms with Gasteiger partial charge in [-0.3, -0.25) is 4.79 Å². The largest absolute Gasteiger partial charge is 0.361 e. The van der Waals surface area contributed by atoms with Gasteiger partial charge in [0.1, 0.15) is 17.1 Å². The van der Waals surface area contributed by atoms with Crippen molar-refractivity contribution in [2.45, 2.75) is 18.7 Å². The molecule has 0 aliphatic rings. The predicted octanol–water partition coefficient (Wildman–Crippen LogP) is 5.08. The van der Waals surface area contributed by atoms with Crippen molar-refractivity contribution < 1.29 is 9.32 Å². The fraction of sp³-hybridized carbons (Fsp3) is 0.0952. The summed E-state index contributed by atoms with van der Waals surface area (Å²) in [5.74, 6) is 0.678. The number of carbonyl (C=O) groups excluding carboxylic acids is 1. The van der Waals surface area contributed by atoms with Crippen molar-refractivity contribution in [3.63, 3.8) is 0 Å². The van der Waals surface area contributed by atoms with Gasteiger partial charge < -0.3 is 4.52 Å². The summed E-state index contributed by atoms with van der Waals surface area (Å²) < 4.78 is 7.02. The number of aryl methyl sites for hydroxylation is 2. The molecular weight excluding hydrogens is 358 g/mol. The zero-order chi connectivity index (χ0) is 18.8. The molecule has 0 spiro atoms. The fourth-order valence-corrected chi connectivity index (χ4v) is 3.74. The Morgan fingerprint density at radius 1 is 1.00 bits per heavy atom. The number of rotatable bonds is 4. The zero-order valence-electron chi connectivity index (χ0n) is 14.9. The minimum atomic E-state index is -0.0727. The van der Waals surface area contributed by atoms with Crippen LogP contribution in [0.15, 0.2) is 76.1 Å². The number of thioether (sulfide) groups is 1. The van der Waals surface area contributed by atoms with Gasteiger partial charge in [0.25, 0.3) is 0 Å². The quantitative estimate of drug-likeness (QED) is 0.466. The van der Waals surface area contributed by atoms with E-state index in [2.05, 4.69) is 10.3 Å². The SMILES string of the molecule is Cc1cc(-c2c(C(=O)Sc3ccccc3)c(C)nn2-c2ccccc2)no1. The summed E-state index contributed by atoms with van der Waals surface area (Å²) >= 11 is 1.18. The molecule has 0 saturated carbocycles. The van der Waals surface area contributed by atoms with Crippen LogP contribution >= 0.6 is 11.8 Å². The number of hydrogen-bond acceptors (Lipinski definition) is 5. The van der Waals surface area contributed by atoms with Crippen molar-refractivity contribution in [2.75, 3.05) is 0 Å². The molecule has 27 heavy (non-hydrogen) atoms. The van der Waals surface area contributed by atoms with Crippen molar-refractivity contribution in [1.29, 1.82) is 0 Å². The van der Waals surface area contributed by atoms with Gasteiger partial charge in [0.15, 0.2) is 0 Å². The molecule has 2 heterocycles. The van der Waals surface area contributed by atoms with Gasteiger partial charge in [-0.05, 0) is 49.9 Å². The topological polar surface area (TPSA) is 60.9 Å². The second-order valence-corrected chi connectivity index (χ2v) is 7.13. The van der Waals surface area contributed by atoms with Gasteiger partial charge in [-0.15, -0.1) is 0 Å². The molecule has 0 atom stereocenters. The third-order valence-electron chi connectivity index (χ3n) is 4.09. The third kappa shape index (κ3) is 3.44. The second kappa shape index (κ2) is 7.25. The lowest BCUT2D eigenvalue weighted by Crippen LogP contribution is -2.02. The minimum absolute atomic E-state index is 0.0727. The van der Waals surface area contributed by atoms with Crippen molar-refractivity contribution >= 4 is 16.9 Å². The number of nitrogens with zero attached hydrogens (tertiary/aromatic N) is 3. The van der Waals surface area contributed by atoms with Crippen LogP contribution in [0, 0.1) is 13.8 Å². The Balaban J connectivity index is 1.86. The second-order valence-electron chi connectivity index (χ2n) is 6.08. The highest BCUT2D eigenvalue weighted by Crippen LogP contribution is 2.33. The van der Waals surface area contributed by atoms with E-state index in [9.17, 15) is 4.79 Å². The van der Waals surface area contributed by atoms with E-state index in [1.165, 1.54) is 11.8 Å². The lowest BCUT2D eigenvalue weighted by atomic mass is 10.1. The van der Waals surface area contributed by atoms with Crippen LogP contribution in [0.1, 0.15) is 21.8 Å². The lowest BCUT2D eigenvalue weighted by molar-refractivity contribution is 0.108. The molecule has 0 N–H and O–H groups in total. The maximum absolute atomic E-state index is 13.1. The summed E-state index contributed by atoms with van der Waals surface area (Å²) in [7, 11) is 0. The van der Waals surface area contributed by atoms with Crippen LogP contribution in [0.3, 0.4) is 0 Å². The first-order valence-electron chi connectivity index (χ1n) is 8.49. The van der Waals surface area contributed by atoms with Gasteiger partial charge >= 0.3 is 0 Å². The Kier molecular flexibility index (Phi) is 4.64. The average Bonchev–Trinajstić information content (AvgIpc) is 3.26. The van der Waals surface area contributed by atoms with E-state index < -0.39 is 0 Å². The normalized spacial score (nSPS) is 10.9. The molecule has 0 unspecified atom stereocenters. The Labute approximate surface area is 161 Å². The van der Waals surface area contributed by atoms with Crippen molar-refractivity contribution in [1.82, 2.24) is 14.9 Å². The fourth-order valence-electron chi connectivity index (χ4n) is 2.89. The van der Waals surface area contributed by atoms with Gasteiger partial charge in [0, 0.05) is 11.0 Å². The van der Waals surface area contributed by atoms with Crippen LogP contribution in [-0.4, -0.2) is 20.1 Å². The van der Waals surface area contributed by atoms with Crippen LogP contribution < -0.4 is 0 Å². The molecule has 2 aromatic heterocycles. The van der Waals surface area contributed by atoms with Crippen LogP contribution in [0.4, 0.5) is 0 Å². The van der Waals surface area contributed by atoms with E-state index in [-0.39, 0.29) is 5.12 Å². The maximum Gasteiger partial charge on any atom is 0.228 e. The summed E-state index contributed by atoms with van der Waals surface area (Å²) in [4.78, 5) is 14.0. The summed E-state index contributed by atoms with van der Waals surface area (Å²) in [5, 5.41) is 8.70. The van der Waals surface area contributed by atoms with Crippen LogP contribution in [0.25, 0.3) is 17.1 Å². The van der Waals surface area contributed by atoms with Crippen LogP contribution in [-0.2, 0) is 0 Å². The molecule has 6 heteroatoms. The molecule has 0 amide bonds. The van der Waals surface area contributed by atoms with Gasteiger partial charge in [-0.1, -0.05) is 41.6 Å². The molecule has 4 aromatic rings. The molecule has 0 saturated heterocycles. The average molecular weight is 375 g/mol. The number of aromatic nitrogens is 3. The Hall–Kier alpha value is -3.12. The number of para-hydroxylation sites is 1. The summed E-state index contributed by atoms with van der Waals surface area (Å²) in [6.45, 7) is 3.67. The number of carbonyl (C=O) groups is 1. The number of hydrogen-bond donors (Lipinski definition) is 0. The molecule has 5 nitrogen and oxygen atoms in total. The van der Waals surface area contributed by atoms with E-state index >= 15 is 0 Å². The molecule has 0 radical (unpaired) electrons. The van der Waals surface area contributed by atoms with E-state index in [0.29, 0.717) is 28.4 Å². The van der Waals surface area contributed by atoms with E-state index in [4.69, 9.17) is 4.52 Å². The zero-order valence-corrected chi connectivity index (χ0v) is 15.7. The molecule has 0 aliphatic heterocycles. The van der Waals surface area contributed by atoms with Gasteiger partial charge in [0.05, 0.1) is 16.9 Å². The summed E-state index contributed by atoms with van der Waals surface area (Å²) in [6.07, 6.45) is 0. The molecule has 0 bridgehead atoms. The lowest BCUT2D eigenvalue weighted by Gasteiger charge is -2.07. The summed E-state index contributed by atoms with van der Waals surface area (Å²) in [5.41, 5.74) is 3.29.